The average Bonchev–Trinajstić information content (AvgIpc) is 2.71. The van der Waals surface area contributed by atoms with Crippen molar-refractivity contribution in [2.75, 3.05) is 11.9 Å². The van der Waals surface area contributed by atoms with Crippen LogP contribution in [0.15, 0.2) is 72.8 Å². The minimum Gasteiger partial charge on any atom is -0.455 e. The third kappa shape index (κ3) is 5.24. The van der Waals surface area contributed by atoms with E-state index in [2.05, 4.69) is 5.32 Å². The maximum Gasteiger partial charge on any atom is 0.318 e. The Balaban J connectivity index is 1.71. The van der Waals surface area contributed by atoms with Gasteiger partial charge in [0.1, 0.15) is 5.92 Å². The molecule has 0 heterocycles. The molecule has 3 rings (SSSR count). The number of carbonyl (C=O) groups is 2. The number of hydrogen-bond acceptors (Lipinski definition) is 3. The van der Waals surface area contributed by atoms with Gasteiger partial charge in [0.15, 0.2) is 6.61 Å². The van der Waals surface area contributed by atoms with Crippen molar-refractivity contribution in [2.24, 2.45) is 0 Å². The average molecular weight is 408 g/mol. The third-order valence-electron chi connectivity index (χ3n) is 4.54. The summed E-state index contributed by atoms with van der Waals surface area (Å²) in [5.74, 6) is -1.52. The predicted molar refractivity (Wildman–Crippen MR) is 115 cm³/mol. The maximum atomic E-state index is 12.9. The molecule has 1 N–H and O–H groups in total. The van der Waals surface area contributed by atoms with Crippen LogP contribution in [0.1, 0.15) is 28.2 Å². The predicted octanol–water partition coefficient (Wildman–Crippen LogP) is 5.27. The van der Waals surface area contributed by atoms with Gasteiger partial charge in [0.2, 0.25) is 0 Å². The van der Waals surface area contributed by atoms with Crippen LogP contribution in [-0.4, -0.2) is 18.5 Å². The van der Waals surface area contributed by atoms with Gasteiger partial charge in [-0.15, -0.1) is 0 Å². The summed E-state index contributed by atoms with van der Waals surface area (Å²) in [5, 5.41) is 3.18. The molecule has 0 spiro atoms. The number of amides is 1. The molecule has 0 aliphatic heterocycles. The standard InChI is InChI=1S/C24H22ClNO3/c1-16-13-17(2)23(20(25)14-16)26-21(27)15-29-24(28)22(18-9-5-3-6-10-18)19-11-7-4-8-12-19/h3-14,22H,15H2,1-2H3,(H,26,27). The van der Waals surface area contributed by atoms with Crippen molar-refractivity contribution in [3.05, 3.63) is 100 Å². The maximum absolute atomic E-state index is 12.9. The molecule has 0 fully saturated rings. The van der Waals surface area contributed by atoms with Crippen molar-refractivity contribution in [1.82, 2.24) is 0 Å². The summed E-state index contributed by atoms with van der Waals surface area (Å²) in [6, 6.07) is 22.4. The van der Waals surface area contributed by atoms with E-state index in [9.17, 15) is 9.59 Å². The van der Waals surface area contributed by atoms with Crippen molar-refractivity contribution >= 4 is 29.2 Å². The molecule has 148 valence electrons. The van der Waals surface area contributed by atoms with E-state index in [-0.39, 0.29) is 0 Å². The van der Waals surface area contributed by atoms with E-state index >= 15 is 0 Å². The number of ether oxygens (including phenoxy) is 1. The number of carbonyl (C=O) groups excluding carboxylic acids is 2. The molecular formula is C24H22ClNO3. The van der Waals surface area contributed by atoms with E-state index < -0.39 is 24.4 Å². The molecule has 29 heavy (non-hydrogen) atoms. The van der Waals surface area contributed by atoms with Gasteiger partial charge in [-0.1, -0.05) is 78.3 Å². The number of anilines is 1. The van der Waals surface area contributed by atoms with Gasteiger partial charge >= 0.3 is 5.97 Å². The van der Waals surface area contributed by atoms with Crippen molar-refractivity contribution in [3.63, 3.8) is 0 Å². The Morgan fingerprint density at radius 2 is 1.48 bits per heavy atom. The van der Waals surface area contributed by atoms with Crippen LogP contribution in [0.2, 0.25) is 5.02 Å². The molecule has 1 amide bonds. The van der Waals surface area contributed by atoms with Gasteiger partial charge in [-0.3, -0.25) is 9.59 Å². The molecular weight excluding hydrogens is 386 g/mol. The zero-order chi connectivity index (χ0) is 20.8. The smallest absolute Gasteiger partial charge is 0.318 e. The molecule has 4 nitrogen and oxygen atoms in total. The number of nitrogens with one attached hydrogen (secondary N) is 1. The zero-order valence-corrected chi connectivity index (χ0v) is 17.1. The summed E-state index contributed by atoms with van der Waals surface area (Å²) in [4.78, 5) is 25.2. The van der Waals surface area contributed by atoms with E-state index in [1.54, 1.807) is 6.07 Å². The molecule has 0 aliphatic carbocycles. The summed E-state index contributed by atoms with van der Waals surface area (Å²) < 4.78 is 5.36. The molecule has 0 aromatic heterocycles. The van der Waals surface area contributed by atoms with Crippen LogP contribution in [0.3, 0.4) is 0 Å². The highest BCUT2D eigenvalue weighted by Crippen LogP contribution is 2.28. The van der Waals surface area contributed by atoms with Gasteiger partial charge in [-0.2, -0.15) is 0 Å². The molecule has 0 unspecified atom stereocenters. The normalized spacial score (nSPS) is 10.6. The summed E-state index contributed by atoms with van der Waals surface area (Å²) in [7, 11) is 0. The molecule has 0 bridgehead atoms. The van der Waals surface area contributed by atoms with Crippen LogP contribution in [0.25, 0.3) is 0 Å². The van der Waals surface area contributed by atoms with Crippen molar-refractivity contribution in [1.29, 1.82) is 0 Å². The quantitative estimate of drug-likeness (QED) is 0.566. The fraction of sp³-hybridized carbons (Fsp3) is 0.167. The highest BCUT2D eigenvalue weighted by Gasteiger charge is 2.25. The first-order chi connectivity index (χ1) is 14.0. The lowest BCUT2D eigenvalue weighted by Crippen LogP contribution is -2.25. The van der Waals surface area contributed by atoms with Gasteiger partial charge in [0, 0.05) is 0 Å². The van der Waals surface area contributed by atoms with Gasteiger partial charge < -0.3 is 10.1 Å². The second-order valence-corrected chi connectivity index (χ2v) is 7.26. The fourth-order valence-corrected chi connectivity index (χ4v) is 3.59. The Hall–Kier alpha value is -3.11. The fourth-order valence-electron chi connectivity index (χ4n) is 3.23. The minimum absolute atomic E-state index is 0.390. The highest BCUT2D eigenvalue weighted by molar-refractivity contribution is 6.34. The van der Waals surface area contributed by atoms with Gasteiger partial charge in [-0.05, 0) is 42.2 Å². The SMILES string of the molecule is Cc1cc(C)c(NC(=O)COC(=O)C(c2ccccc2)c2ccccc2)c(Cl)c1. The summed E-state index contributed by atoms with van der Waals surface area (Å²) in [6.45, 7) is 3.40. The summed E-state index contributed by atoms with van der Waals surface area (Å²) in [5.41, 5.74) is 4.00. The topological polar surface area (TPSA) is 55.4 Å². The first kappa shape index (κ1) is 20.6. The molecule has 3 aromatic carbocycles. The van der Waals surface area contributed by atoms with Crippen molar-refractivity contribution < 1.29 is 14.3 Å². The molecule has 0 saturated heterocycles. The Kier molecular flexibility index (Phi) is 6.68. The number of rotatable bonds is 6. The lowest BCUT2D eigenvalue weighted by Gasteiger charge is -2.17. The monoisotopic (exact) mass is 407 g/mol. The summed E-state index contributed by atoms with van der Waals surface area (Å²) in [6.07, 6.45) is 0. The Labute approximate surface area is 175 Å². The lowest BCUT2D eigenvalue weighted by atomic mass is 9.91. The van der Waals surface area contributed by atoms with E-state index in [1.807, 2.05) is 80.6 Å². The number of esters is 1. The van der Waals surface area contributed by atoms with Crippen LogP contribution in [0.4, 0.5) is 5.69 Å². The molecule has 0 saturated carbocycles. The molecule has 0 radical (unpaired) electrons. The molecule has 3 aromatic rings. The first-order valence-electron chi connectivity index (χ1n) is 9.29. The van der Waals surface area contributed by atoms with Crippen LogP contribution in [-0.2, 0) is 14.3 Å². The van der Waals surface area contributed by atoms with E-state index in [1.165, 1.54) is 0 Å². The van der Waals surface area contributed by atoms with E-state index in [0.717, 1.165) is 22.3 Å². The number of aryl methyl sites for hydroxylation is 2. The largest absolute Gasteiger partial charge is 0.455 e. The van der Waals surface area contributed by atoms with Crippen LogP contribution >= 0.6 is 11.6 Å². The first-order valence-corrected chi connectivity index (χ1v) is 9.66. The van der Waals surface area contributed by atoms with Gasteiger partial charge in [0.05, 0.1) is 10.7 Å². The van der Waals surface area contributed by atoms with Gasteiger partial charge in [-0.25, -0.2) is 0 Å². The van der Waals surface area contributed by atoms with Gasteiger partial charge in [0.25, 0.3) is 5.91 Å². The van der Waals surface area contributed by atoms with Crippen LogP contribution in [0, 0.1) is 13.8 Å². The molecule has 5 heteroatoms. The van der Waals surface area contributed by atoms with Crippen LogP contribution in [0.5, 0.6) is 0 Å². The minimum atomic E-state index is -0.602. The number of halogens is 1. The number of benzene rings is 3. The van der Waals surface area contributed by atoms with Crippen molar-refractivity contribution in [3.8, 4) is 0 Å². The Bertz CT molecular complexity index is 941. The second kappa shape index (κ2) is 9.39. The molecule has 0 atom stereocenters. The lowest BCUT2D eigenvalue weighted by molar-refractivity contribution is -0.147. The Morgan fingerprint density at radius 3 is 2.00 bits per heavy atom. The zero-order valence-electron chi connectivity index (χ0n) is 16.3. The van der Waals surface area contributed by atoms with Crippen LogP contribution < -0.4 is 5.32 Å². The van der Waals surface area contributed by atoms with E-state index in [4.69, 9.17) is 16.3 Å². The summed E-state index contributed by atoms with van der Waals surface area (Å²) >= 11 is 6.23. The molecule has 0 aliphatic rings. The second-order valence-electron chi connectivity index (χ2n) is 6.85. The Morgan fingerprint density at radius 1 is 0.931 bits per heavy atom. The van der Waals surface area contributed by atoms with E-state index in [0.29, 0.717) is 10.7 Å². The van der Waals surface area contributed by atoms with Crippen molar-refractivity contribution in [2.45, 2.75) is 19.8 Å². The highest BCUT2D eigenvalue weighted by atomic mass is 35.5. The number of hydrogen-bond donors (Lipinski definition) is 1. The third-order valence-corrected chi connectivity index (χ3v) is 4.84.